The molecule has 0 atom stereocenters. The van der Waals surface area contributed by atoms with Crippen LogP contribution in [0, 0.1) is 20.8 Å². The van der Waals surface area contributed by atoms with Crippen LogP contribution in [0.2, 0.25) is 0 Å². The van der Waals surface area contributed by atoms with Crippen molar-refractivity contribution in [3.63, 3.8) is 0 Å². The molecule has 1 aromatic carbocycles. The molecule has 0 amide bonds. The molecule has 0 aliphatic carbocycles. The van der Waals surface area contributed by atoms with E-state index in [0.29, 0.717) is 23.8 Å². The van der Waals surface area contributed by atoms with Gasteiger partial charge in [0.2, 0.25) is 0 Å². The summed E-state index contributed by atoms with van der Waals surface area (Å²) in [7, 11) is 0. The minimum Gasteiger partial charge on any atom is -0.486 e. The maximum Gasteiger partial charge on any atom is 0.350 e. The van der Waals surface area contributed by atoms with Crippen molar-refractivity contribution in [1.82, 2.24) is 4.98 Å². The van der Waals surface area contributed by atoms with E-state index >= 15 is 0 Å². The van der Waals surface area contributed by atoms with Crippen molar-refractivity contribution in [1.29, 1.82) is 0 Å². The number of hydrogen-bond acceptors (Lipinski definition) is 5. The van der Waals surface area contributed by atoms with Gasteiger partial charge in [0.25, 0.3) is 0 Å². The van der Waals surface area contributed by atoms with Gasteiger partial charge in [-0.3, -0.25) is 0 Å². The zero-order valence-corrected chi connectivity index (χ0v) is 13.5. The van der Waals surface area contributed by atoms with Crippen LogP contribution in [0.1, 0.15) is 38.4 Å². The van der Waals surface area contributed by atoms with Crippen molar-refractivity contribution < 1.29 is 14.3 Å². The van der Waals surface area contributed by atoms with Crippen LogP contribution in [0.3, 0.4) is 0 Å². The normalized spacial score (nSPS) is 10.5. The van der Waals surface area contributed by atoms with E-state index in [1.807, 2.05) is 32.9 Å². The Morgan fingerprint density at radius 1 is 1.29 bits per heavy atom. The fourth-order valence-electron chi connectivity index (χ4n) is 1.90. The van der Waals surface area contributed by atoms with Gasteiger partial charge < -0.3 is 9.47 Å². The van der Waals surface area contributed by atoms with Gasteiger partial charge in [-0.25, -0.2) is 9.78 Å². The highest BCUT2D eigenvalue weighted by Crippen LogP contribution is 2.23. The minimum absolute atomic E-state index is 0.314. The largest absolute Gasteiger partial charge is 0.486 e. The number of thiazole rings is 1. The van der Waals surface area contributed by atoms with Crippen molar-refractivity contribution in [2.75, 3.05) is 6.61 Å². The van der Waals surface area contributed by atoms with Crippen molar-refractivity contribution in [2.24, 2.45) is 0 Å². The first kappa shape index (κ1) is 15.5. The number of rotatable bonds is 5. The number of hydrogen-bond donors (Lipinski definition) is 0. The van der Waals surface area contributed by atoms with Gasteiger partial charge >= 0.3 is 5.97 Å². The van der Waals surface area contributed by atoms with Crippen LogP contribution in [-0.4, -0.2) is 17.6 Å². The van der Waals surface area contributed by atoms with Crippen molar-refractivity contribution in [2.45, 2.75) is 34.3 Å². The Kier molecular flexibility index (Phi) is 4.96. The van der Waals surface area contributed by atoms with Gasteiger partial charge in [-0.15, -0.1) is 11.3 Å². The third kappa shape index (κ3) is 3.82. The number of nitrogens with zero attached hydrogens (tertiary/aromatic N) is 1. The molecule has 5 heteroatoms. The number of ether oxygens (including phenoxy) is 2. The maximum atomic E-state index is 11.8. The maximum absolute atomic E-state index is 11.8. The first-order valence-corrected chi connectivity index (χ1v) is 7.66. The number of carbonyl (C=O) groups is 1. The summed E-state index contributed by atoms with van der Waals surface area (Å²) in [6.45, 7) is 8.35. The van der Waals surface area contributed by atoms with Gasteiger partial charge in [0.05, 0.1) is 12.3 Å². The Hall–Kier alpha value is -1.88. The smallest absolute Gasteiger partial charge is 0.350 e. The molecule has 0 aliphatic heterocycles. The van der Waals surface area contributed by atoms with Crippen LogP contribution in [0.4, 0.5) is 0 Å². The fourth-order valence-corrected chi connectivity index (χ4v) is 2.77. The van der Waals surface area contributed by atoms with Gasteiger partial charge in [0.1, 0.15) is 22.2 Å². The Bertz CT molecular complexity index is 649. The van der Waals surface area contributed by atoms with E-state index in [1.165, 1.54) is 11.3 Å². The second kappa shape index (κ2) is 6.72. The molecule has 1 aromatic heterocycles. The molecule has 0 N–H and O–H groups in total. The fraction of sp³-hybridized carbons (Fsp3) is 0.375. The molecule has 0 saturated heterocycles. The quantitative estimate of drug-likeness (QED) is 0.788. The number of esters is 1. The minimum atomic E-state index is -0.314. The van der Waals surface area contributed by atoms with Crippen LogP contribution in [0.25, 0.3) is 0 Å². The van der Waals surface area contributed by atoms with Crippen molar-refractivity contribution >= 4 is 17.3 Å². The lowest BCUT2D eigenvalue weighted by Gasteiger charge is -2.08. The van der Waals surface area contributed by atoms with E-state index in [-0.39, 0.29) is 5.97 Å². The van der Waals surface area contributed by atoms with Gasteiger partial charge in [-0.05, 0) is 44.9 Å². The summed E-state index contributed by atoms with van der Waals surface area (Å²) in [6, 6.07) is 6.08. The molecular formula is C16H19NO3S. The van der Waals surface area contributed by atoms with E-state index in [4.69, 9.17) is 9.47 Å². The van der Waals surface area contributed by atoms with Gasteiger partial charge in [-0.1, -0.05) is 12.1 Å². The first-order valence-electron chi connectivity index (χ1n) is 6.84. The van der Waals surface area contributed by atoms with Gasteiger partial charge in [0.15, 0.2) is 0 Å². The summed E-state index contributed by atoms with van der Waals surface area (Å²) in [5, 5.41) is 0.774. The summed E-state index contributed by atoms with van der Waals surface area (Å²) in [5.74, 6) is 0.533. The highest BCUT2D eigenvalue weighted by molar-refractivity contribution is 7.13. The van der Waals surface area contributed by atoms with E-state index in [2.05, 4.69) is 11.1 Å². The van der Waals surface area contributed by atoms with Gasteiger partial charge in [-0.2, -0.15) is 0 Å². The second-order valence-electron chi connectivity index (χ2n) is 4.80. The summed E-state index contributed by atoms with van der Waals surface area (Å²) >= 11 is 1.33. The second-order valence-corrected chi connectivity index (χ2v) is 5.88. The van der Waals surface area contributed by atoms with E-state index in [1.54, 1.807) is 6.92 Å². The lowest BCUT2D eigenvalue weighted by Crippen LogP contribution is -2.03. The van der Waals surface area contributed by atoms with Crippen LogP contribution < -0.4 is 4.74 Å². The zero-order valence-electron chi connectivity index (χ0n) is 12.7. The van der Waals surface area contributed by atoms with Crippen LogP contribution in [0.5, 0.6) is 5.75 Å². The molecule has 0 saturated carbocycles. The average molecular weight is 305 g/mol. The number of benzene rings is 1. The SMILES string of the molecule is CCOC(=O)c1sc(COc2cc(C)ccc2C)nc1C. The average Bonchev–Trinajstić information content (AvgIpc) is 2.81. The first-order chi connectivity index (χ1) is 10.0. The third-order valence-electron chi connectivity index (χ3n) is 3.00. The molecular weight excluding hydrogens is 286 g/mol. The standard InChI is InChI=1S/C16H19NO3S/c1-5-19-16(18)15-12(4)17-14(21-15)9-20-13-8-10(2)6-7-11(13)3/h6-8H,5,9H2,1-4H3. The Morgan fingerprint density at radius 3 is 2.76 bits per heavy atom. The summed E-state index contributed by atoms with van der Waals surface area (Å²) in [5.41, 5.74) is 2.93. The van der Waals surface area contributed by atoms with Crippen LogP contribution >= 0.6 is 11.3 Å². The Balaban J connectivity index is 2.09. The number of aromatic nitrogens is 1. The molecule has 0 radical (unpaired) electrons. The Morgan fingerprint density at radius 2 is 2.05 bits per heavy atom. The molecule has 1 heterocycles. The molecule has 0 fully saturated rings. The van der Waals surface area contributed by atoms with Gasteiger partial charge in [0, 0.05) is 0 Å². The summed E-state index contributed by atoms with van der Waals surface area (Å²) < 4.78 is 10.8. The van der Waals surface area contributed by atoms with Crippen molar-refractivity contribution in [3.8, 4) is 5.75 Å². The summed E-state index contributed by atoms with van der Waals surface area (Å²) in [4.78, 5) is 16.7. The summed E-state index contributed by atoms with van der Waals surface area (Å²) in [6.07, 6.45) is 0. The highest BCUT2D eigenvalue weighted by atomic mass is 32.1. The molecule has 4 nitrogen and oxygen atoms in total. The Labute approximate surface area is 128 Å². The van der Waals surface area contributed by atoms with Crippen molar-refractivity contribution in [3.05, 3.63) is 44.9 Å². The van der Waals surface area contributed by atoms with Crippen LogP contribution in [-0.2, 0) is 11.3 Å². The number of aryl methyl sites for hydroxylation is 3. The van der Waals surface area contributed by atoms with E-state index in [0.717, 1.165) is 21.9 Å². The highest BCUT2D eigenvalue weighted by Gasteiger charge is 2.16. The molecule has 2 aromatic rings. The molecule has 2 rings (SSSR count). The van der Waals surface area contributed by atoms with Crippen LogP contribution in [0.15, 0.2) is 18.2 Å². The van der Waals surface area contributed by atoms with E-state index < -0.39 is 0 Å². The molecule has 0 aliphatic rings. The zero-order chi connectivity index (χ0) is 15.4. The molecule has 0 spiro atoms. The molecule has 21 heavy (non-hydrogen) atoms. The van der Waals surface area contributed by atoms with E-state index in [9.17, 15) is 4.79 Å². The lowest BCUT2D eigenvalue weighted by molar-refractivity contribution is 0.0531. The lowest BCUT2D eigenvalue weighted by atomic mass is 10.1. The predicted molar refractivity (Wildman–Crippen MR) is 83.1 cm³/mol. The monoisotopic (exact) mass is 305 g/mol. The topological polar surface area (TPSA) is 48.4 Å². The predicted octanol–water partition coefficient (Wildman–Crippen LogP) is 3.82. The third-order valence-corrected chi connectivity index (χ3v) is 4.11. The molecule has 0 bridgehead atoms. The number of carbonyl (C=O) groups excluding carboxylic acids is 1. The molecule has 0 unspecified atom stereocenters. The molecule has 112 valence electrons.